The second-order valence-corrected chi connectivity index (χ2v) is 6.73. The van der Waals surface area contributed by atoms with E-state index in [-0.39, 0.29) is 5.95 Å². The molecule has 0 atom stereocenters. The molecule has 0 unspecified atom stereocenters. The van der Waals surface area contributed by atoms with Gasteiger partial charge in [0.15, 0.2) is 0 Å². The Morgan fingerprint density at radius 3 is 2.36 bits per heavy atom. The van der Waals surface area contributed by atoms with E-state index in [0.29, 0.717) is 5.82 Å². The number of benzene rings is 3. The van der Waals surface area contributed by atoms with Gasteiger partial charge in [0.05, 0.1) is 5.52 Å². The Bertz CT molecular complexity index is 1050. The predicted molar refractivity (Wildman–Crippen MR) is 104 cm³/mol. The fourth-order valence-electron chi connectivity index (χ4n) is 2.75. The van der Waals surface area contributed by atoms with E-state index in [4.69, 9.17) is 11.5 Å². The maximum atomic E-state index is 6.00. The Morgan fingerprint density at radius 2 is 1.52 bits per heavy atom. The zero-order valence-corrected chi connectivity index (χ0v) is 14.2. The topological polar surface area (TPSA) is 77.8 Å². The molecule has 1 aromatic heterocycles. The Morgan fingerprint density at radius 1 is 0.760 bits per heavy atom. The molecule has 0 aliphatic rings. The van der Waals surface area contributed by atoms with E-state index in [9.17, 15) is 0 Å². The van der Waals surface area contributed by atoms with Crippen LogP contribution in [0.5, 0.6) is 0 Å². The molecule has 0 amide bonds. The van der Waals surface area contributed by atoms with Crippen molar-refractivity contribution >= 4 is 34.4 Å². The van der Waals surface area contributed by atoms with Crippen LogP contribution in [-0.4, -0.2) is 9.97 Å². The van der Waals surface area contributed by atoms with Gasteiger partial charge in [-0.3, -0.25) is 0 Å². The SMILES string of the molecule is Nc1nc(N)c2cc(Sc3ccccc3-c3ccccc3)ccc2n1. The Balaban J connectivity index is 1.75. The van der Waals surface area contributed by atoms with E-state index in [2.05, 4.69) is 52.4 Å². The lowest BCUT2D eigenvalue weighted by atomic mass is 10.1. The molecule has 122 valence electrons. The lowest BCUT2D eigenvalue weighted by Crippen LogP contribution is -2.00. The summed E-state index contributed by atoms with van der Waals surface area (Å²) in [6.45, 7) is 0. The number of hydrogen-bond donors (Lipinski definition) is 2. The van der Waals surface area contributed by atoms with Crippen molar-refractivity contribution in [3.05, 3.63) is 72.8 Å². The third kappa shape index (κ3) is 3.14. The minimum Gasteiger partial charge on any atom is -0.383 e. The van der Waals surface area contributed by atoms with Gasteiger partial charge in [-0.05, 0) is 35.4 Å². The summed E-state index contributed by atoms with van der Waals surface area (Å²) >= 11 is 1.69. The summed E-state index contributed by atoms with van der Waals surface area (Å²) in [7, 11) is 0. The molecular weight excluding hydrogens is 328 g/mol. The summed E-state index contributed by atoms with van der Waals surface area (Å²) in [4.78, 5) is 10.5. The van der Waals surface area contributed by atoms with E-state index in [1.165, 1.54) is 16.0 Å². The minimum atomic E-state index is 0.194. The van der Waals surface area contributed by atoms with Gasteiger partial charge in [0.1, 0.15) is 5.82 Å². The van der Waals surface area contributed by atoms with Gasteiger partial charge in [-0.15, -0.1) is 0 Å². The molecule has 3 aromatic carbocycles. The van der Waals surface area contributed by atoms with Crippen molar-refractivity contribution in [2.24, 2.45) is 0 Å². The van der Waals surface area contributed by atoms with Crippen LogP contribution in [0.3, 0.4) is 0 Å². The van der Waals surface area contributed by atoms with Gasteiger partial charge in [0.25, 0.3) is 0 Å². The van der Waals surface area contributed by atoms with Gasteiger partial charge in [-0.25, -0.2) is 4.98 Å². The third-order valence-electron chi connectivity index (χ3n) is 3.91. The zero-order chi connectivity index (χ0) is 17.2. The van der Waals surface area contributed by atoms with E-state index >= 15 is 0 Å². The summed E-state index contributed by atoms with van der Waals surface area (Å²) < 4.78 is 0. The van der Waals surface area contributed by atoms with Crippen LogP contribution in [0.1, 0.15) is 0 Å². The van der Waals surface area contributed by atoms with Gasteiger partial charge in [-0.2, -0.15) is 4.98 Å². The minimum absolute atomic E-state index is 0.194. The maximum absolute atomic E-state index is 6.00. The van der Waals surface area contributed by atoms with Crippen LogP contribution >= 0.6 is 11.8 Å². The van der Waals surface area contributed by atoms with Crippen LogP contribution in [0, 0.1) is 0 Å². The van der Waals surface area contributed by atoms with Crippen LogP contribution in [0.15, 0.2) is 82.6 Å². The first-order chi connectivity index (χ1) is 12.2. The second-order valence-electron chi connectivity index (χ2n) is 5.61. The molecule has 0 saturated carbocycles. The first-order valence-electron chi connectivity index (χ1n) is 7.86. The number of nitrogen functional groups attached to an aromatic ring is 2. The van der Waals surface area contributed by atoms with Gasteiger partial charge < -0.3 is 11.5 Å². The van der Waals surface area contributed by atoms with Crippen LogP contribution in [0.25, 0.3) is 22.0 Å². The lowest BCUT2D eigenvalue weighted by Gasteiger charge is -2.10. The highest BCUT2D eigenvalue weighted by Gasteiger charge is 2.09. The second kappa shape index (κ2) is 6.45. The quantitative estimate of drug-likeness (QED) is 0.567. The summed E-state index contributed by atoms with van der Waals surface area (Å²) in [5.41, 5.74) is 14.8. The number of rotatable bonds is 3. The smallest absolute Gasteiger partial charge is 0.222 e. The van der Waals surface area contributed by atoms with Crippen LogP contribution < -0.4 is 11.5 Å². The summed E-state index contributed by atoms with van der Waals surface area (Å²) in [5, 5.41) is 0.816. The first-order valence-corrected chi connectivity index (χ1v) is 8.67. The Hall–Kier alpha value is -3.05. The molecule has 0 spiro atoms. The van der Waals surface area contributed by atoms with Gasteiger partial charge >= 0.3 is 0 Å². The molecule has 0 saturated heterocycles. The van der Waals surface area contributed by atoms with Crippen LogP contribution in [0.2, 0.25) is 0 Å². The van der Waals surface area contributed by atoms with Gasteiger partial charge in [0.2, 0.25) is 5.95 Å². The highest BCUT2D eigenvalue weighted by atomic mass is 32.2. The van der Waals surface area contributed by atoms with Crippen molar-refractivity contribution in [2.45, 2.75) is 9.79 Å². The summed E-state index contributed by atoms with van der Waals surface area (Å²) in [6.07, 6.45) is 0. The van der Waals surface area contributed by atoms with E-state index in [0.717, 1.165) is 15.8 Å². The lowest BCUT2D eigenvalue weighted by molar-refractivity contribution is 1.24. The number of aromatic nitrogens is 2. The molecule has 4 rings (SSSR count). The van der Waals surface area contributed by atoms with Crippen molar-refractivity contribution < 1.29 is 0 Å². The van der Waals surface area contributed by atoms with Crippen molar-refractivity contribution in [1.29, 1.82) is 0 Å². The average molecular weight is 344 g/mol. The van der Waals surface area contributed by atoms with Gasteiger partial charge in [0, 0.05) is 15.2 Å². The molecule has 4 aromatic rings. The monoisotopic (exact) mass is 344 g/mol. The molecule has 5 heteroatoms. The number of fused-ring (bicyclic) bond motifs is 1. The average Bonchev–Trinajstić information content (AvgIpc) is 2.63. The van der Waals surface area contributed by atoms with Gasteiger partial charge in [-0.1, -0.05) is 60.3 Å². The van der Waals surface area contributed by atoms with E-state index in [1.807, 2.05) is 30.3 Å². The summed E-state index contributed by atoms with van der Waals surface area (Å²) in [6, 6.07) is 24.7. The molecule has 1 heterocycles. The molecule has 25 heavy (non-hydrogen) atoms. The molecule has 0 bridgehead atoms. The molecule has 4 nitrogen and oxygen atoms in total. The van der Waals surface area contributed by atoms with Crippen LogP contribution in [0.4, 0.5) is 11.8 Å². The Labute approximate surface area is 149 Å². The zero-order valence-electron chi connectivity index (χ0n) is 13.4. The fraction of sp³-hybridized carbons (Fsp3) is 0. The molecule has 0 radical (unpaired) electrons. The van der Waals surface area contributed by atoms with Crippen molar-refractivity contribution in [2.75, 3.05) is 11.5 Å². The Kier molecular flexibility index (Phi) is 3.99. The maximum Gasteiger partial charge on any atom is 0.222 e. The van der Waals surface area contributed by atoms with E-state index < -0.39 is 0 Å². The normalized spacial score (nSPS) is 10.9. The highest BCUT2D eigenvalue weighted by molar-refractivity contribution is 7.99. The molecule has 0 aliphatic carbocycles. The highest BCUT2D eigenvalue weighted by Crippen LogP contribution is 2.37. The third-order valence-corrected chi connectivity index (χ3v) is 4.98. The van der Waals surface area contributed by atoms with Crippen molar-refractivity contribution in [3.63, 3.8) is 0 Å². The largest absolute Gasteiger partial charge is 0.383 e. The summed E-state index contributed by atoms with van der Waals surface area (Å²) in [5.74, 6) is 0.598. The standard InChI is InChI=1S/C20H16N4S/c21-19-16-12-14(10-11-17(16)23-20(22)24-19)25-18-9-5-4-8-15(18)13-6-2-1-3-7-13/h1-12H,(H4,21,22,23,24). The fourth-order valence-corrected chi connectivity index (χ4v) is 3.76. The number of nitrogens with two attached hydrogens (primary N) is 2. The van der Waals surface area contributed by atoms with Crippen molar-refractivity contribution in [1.82, 2.24) is 9.97 Å². The molecular formula is C20H16N4S. The number of anilines is 2. The number of hydrogen-bond acceptors (Lipinski definition) is 5. The van der Waals surface area contributed by atoms with Crippen LogP contribution in [-0.2, 0) is 0 Å². The van der Waals surface area contributed by atoms with Crippen molar-refractivity contribution in [3.8, 4) is 11.1 Å². The van der Waals surface area contributed by atoms with E-state index in [1.54, 1.807) is 11.8 Å². The molecule has 0 fully saturated rings. The molecule has 4 N–H and O–H groups in total. The predicted octanol–water partition coefficient (Wildman–Crippen LogP) is 4.61. The first kappa shape index (κ1) is 15.5. The molecule has 0 aliphatic heterocycles. The number of nitrogens with zero attached hydrogens (tertiary/aromatic N) is 2.